The number of hydrogen-bond acceptors (Lipinski definition) is 2. The summed E-state index contributed by atoms with van der Waals surface area (Å²) in [4.78, 5) is 7.23. The van der Waals surface area contributed by atoms with Crippen LogP contribution in [0, 0.1) is 0 Å². The Morgan fingerprint density at radius 3 is 2.11 bits per heavy atom. The Kier molecular flexibility index (Phi) is 6.65. The van der Waals surface area contributed by atoms with Gasteiger partial charge in [0.1, 0.15) is 0 Å². The van der Waals surface area contributed by atoms with Gasteiger partial charge in [-0.1, -0.05) is 121 Å². The van der Waals surface area contributed by atoms with E-state index in [1.54, 1.807) is 0 Å². The number of para-hydroxylation sites is 2. The van der Waals surface area contributed by atoms with Crippen LogP contribution in [0.25, 0.3) is 80.9 Å². The zero-order valence-corrected chi connectivity index (χ0v) is 32.1. The van der Waals surface area contributed by atoms with Crippen LogP contribution in [-0.4, -0.2) is 10.1 Å². The minimum Gasteiger partial charge on any atom is -0.308 e. The molecule has 268 valence electrons. The highest BCUT2D eigenvalue weighted by molar-refractivity contribution is 7.21. The molecular weight excluding hydrogens is 709 g/mol. The van der Waals surface area contributed by atoms with Crippen molar-refractivity contribution in [2.75, 3.05) is 0 Å². The van der Waals surface area contributed by atoms with Gasteiger partial charge in [-0.2, -0.15) is 0 Å². The van der Waals surface area contributed by atoms with Crippen molar-refractivity contribution >= 4 is 86.8 Å². The summed E-state index contributed by atoms with van der Waals surface area (Å²) in [6, 6.07) is 59.1. The largest absolute Gasteiger partial charge is 0.308 e. The maximum absolute atomic E-state index is 5.92. The number of nitrogens with zero attached hydrogens (tertiary/aromatic N) is 2. The van der Waals surface area contributed by atoms with Gasteiger partial charge in [-0.15, -0.1) is 11.3 Å². The van der Waals surface area contributed by atoms with Crippen LogP contribution in [-0.2, 0) is 12.8 Å². The van der Waals surface area contributed by atoms with Gasteiger partial charge in [-0.3, -0.25) is 4.99 Å². The van der Waals surface area contributed by atoms with E-state index in [9.17, 15) is 0 Å². The van der Waals surface area contributed by atoms with Gasteiger partial charge in [-0.25, -0.2) is 0 Å². The van der Waals surface area contributed by atoms with Crippen molar-refractivity contribution in [3.63, 3.8) is 0 Å². The predicted octanol–water partition coefficient (Wildman–Crippen LogP) is 14.4. The Morgan fingerprint density at radius 2 is 1.26 bits per heavy atom. The molecule has 0 saturated heterocycles. The number of aromatic nitrogens is 1. The standard InChI is InChI=1S/C54H36N2S/c1-2-13-33-28-37(25-24-32(33)12-1)52-54-41(40-17-7-10-23-49(40)57-54)19-11-20-46(55-52)38-27-26-36-31-45-39-16-5-8-21-47(39)56-48-22-9-6-18-42(48)51(53(45)56)50(36)44-30-35-15-4-3-14-34(35)29-43(38)44/h1-10,12-18,20-25,28-31,38H,11,19,26-27H2. The van der Waals surface area contributed by atoms with E-state index in [4.69, 9.17) is 4.99 Å². The van der Waals surface area contributed by atoms with Crippen molar-refractivity contribution < 1.29 is 0 Å². The average Bonchev–Trinajstić information content (AvgIpc) is 3.87. The summed E-state index contributed by atoms with van der Waals surface area (Å²) in [7, 11) is 0. The first-order chi connectivity index (χ1) is 28.3. The van der Waals surface area contributed by atoms with Gasteiger partial charge in [0.2, 0.25) is 0 Å². The highest BCUT2D eigenvalue weighted by Crippen LogP contribution is 2.51. The molecule has 3 aromatic heterocycles. The third-order valence-corrected chi connectivity index (χ3v) is 14.2. The molecule has 1 aliphatic carbocycles. The fourth-order valence-corrected chi connectivity index (χ4v) is 11.7. The van der Waals surface area contributed by atoms with E-state index >= 15 is 0 Å². The first-order valence-electron chi connectivity index (χ1n) is 20.3. The molecule has 1 unspecified atom stereocenters. The first-order valence-corrected chi connectivity index (χ1v) is 21.1. The van der Waals surface area contributed by atoms with Crippen LogP contribution in [0.5, 0.6) is 0 Å². The van der Waals surface area contributed by atoms with Crippen molar-refractivity contribution in [2.45, 2.75) is 31.6 Å². The van der Waals surface area contributed by atoms with E-state index in [0.717, 1.165) is 31.4 Å². The topological polar surface area (TPSA) is 16.8 Å². The Bertz CT molecular complexity index is 3540. The normalized spacial score (nSPS) is 15.8. The van der Waals surface area contributed by atoms with Gasteiger partial charge in [0, 0.05) is 43.4 Å². The van der Waals surface area contributed by atoms with Gasteiger partial charge in [0.05, 0.1) is 27.1 Å². The van der Waals surface area contributed by atoms with Crippen LogP contribution in [0.1, 0.15) is 45.9 Å². The highest BCUT2D eigenvalue weighted by Gasteiger charge is 2.32. The molecule has 0 amide bonds. The number of hydrogen-bond donors (Lipinski definition) is 0. The minimum absolute atomic E-state index is 0.130. The highest BCUT2D eigenvalue weighted by atomic mass is 32.1. The van der Waals surface area contributed by atoms with Gasteiger partial charge in [0.15, 0.2) is 0 Å². The summed E-state index contributed by atoms with van der Waals surface area (Å²) in [5.74, 6) is 0.130. The molecule has 4 heterocycles. The monoisotopic (exact) mass is 744 g/mol. The van der Waals surface area contributed by atoms with E-state index < -0.39 is 0 Å². The summed E-state index contributed by atoms with van der Waals surface area (Å²) >= 11 is 1.91. The first kappa shape index (κ1) is 31.6. The molecular formula is C54H36N2S. The van der Waals surface area contributed by atoms with Crippen LogP contribution in [0.4, 0.5) is 0 Å². The smallest absolute Gasteiger partial charge is 0.0880 e. The maximum atomic E-state index is 5.92. The molecule has 0 radical (unpaired) electrons. The predicted molar refractivity (Wildman–Crippen MR) is 243 cm³/mol. The SMILES string of the molecule is C1=C(C2CCc3cc4c5ccccc5n5c6ccccc6c(c3-c3cc6ccccc6cc32)c45)N=C(c2ccc3ccccc3c2)c2sc3ccccc3c2CC1. The Balaban J connectivity index is 1.09. The van der Waals surface area contributed by atoms with Gasteiger partial charge >= 0.3 is 0 Å². The summed E-state index contributed by atoms with van der Waals surface area (Å²) in [5.41, 5.74) is 14.4. The second-order valence-corrected chi connectivity index (χ2v) is 17.1. The lowest BCUT2D eigenvalue weighted by Gasteiger charge is -2.23. The molecule has 11 aromatic rings. The summed E-state index contributed by atoms with van der Waals surface area (Å²) in [5, 5.41) is 11.8. The Morgan fingerprint density at radius 1 is 0.579 bits per heavy atom. The number of thiophene rings is 1. The zero-order valence-electron chi connectivity index (χ0n) is 31.3. The number of rotatable bonds is 2. The van der Waals surface area contributed by atoms with Crippen molar-refractivity contribution in [1.29, 1.82) is 0 Å². The molecule has 1 atom stereocenters. The average molecular weight is 745 g/mol. The molecule has 0 spiro atoms. The number of aryl methyl sites for hydroxylation is 2. The molecule has 0 N–H and O–H groups in total. The fraction of sp³-hybridized carbons (Fsp3) is 0.0926. The lowest BCUT2D eigenvalue weighted by atomic mass is 9.85. The molecule has 0 bridgehead atoms. The molecule has 0 fully saturated rings. The van der Waals surface area contributed by atoms with E-state index in [0.29, 0.717) is 0 Å². The third-order valence-electron chi connectivity index (χ3n) is 13.0. The van der Waals surface area contributed by atoms with Crippen LogP contribution in [0.15, 0.2) is 174 Å². The molecule has 13 rings (SSSR count). The molecule has 3 heteroatoms. The van der Waals surface area contributed by atoms with Gasteiger partial charge in [-0.05, 0) is 123 Å². The summed E-state index contributed by atoms with van der Waals surface area (Å²) in [6.45, 7) is 0. The van der Waals surface area contributed by atoms with Gasteiger partial charge in [0.25, 0.3) is 0 Å². The Labute approximate surface area is 334 Å². The number of aliphatic imine (C=N–C) groups is 1. The second-order valence-electron chi connectivity index (χ2n) is 16.0. The summed E-state index contributed by atoms with van der Waals surface area (Å²) in [6.07, 6.45) is 6.41. The van der Waals surface area contributed by atoms with Crippen LogP contribution < -0.4 is 0 Å². The van der Waals surface area contributed by atoms with Crippen molar-refractivity contribution in [3.05, 3.63) is 197 Å². The van der Waals surface area contributed by atoms with Crippen molar-refractivity contribution in [2.24, 2.45) is 4.99 Å². The maximum Gasteiger partial charge on any atom is 0.0880 e. The van der Waals surface area contributed by atoms with Crippen LogP contribution in [0.2, 0.25) is 0 Å². The molecule has 0 saturated carbocycles. The quantitative estimate of drug-likeness (QED) is 0.168. The molecule has 8 aromatic carbocycles. The number of benzene rings is 8. The minimum atomic E-state index is 0.130. The lowest BCUT2D eigenvalue weighted by molar-refractivity contribution is 0.701. The number of fused-ring (bicyclic) bond motifs is 15. The summed E-state index contributed by atoms with van der Waals surface area (Å²) < 4.78 is 3.86. The van der Waals surface area contributed by atoms with E-state index in [1.165, 1.54) is 114 Å². The molecule has 57 heavy (non-hydrogen) atoms. The van der Waals surface area contributed by atoms with E-state index in [2.05, 4.69) is 168 Å². The lowest BCUT2D eigenvalue weighted by Crippen LogP contribution is -2.11. The second kappa shape index (κ2) is 12.0. The zero-order chi connectivity index (χ0) is 37.2. The fourth-order valence-electron chi connectivity index (χ4n) is 10.5. The van der Waals surface area contributed by atoms with Crippen molar-refractivity contribution in [3.8, 4) is 11.1 Å². The molecule has 1 aliphatic heterocycles. The van der Waals surface area contributed by atoms with E-state index in [1.807, 2.05) is 11.3 Å². The third kappa shape index (κ3) is 4.55. The molecule has 2 nitrogen and oxygen atoms in total. The Hall–Kier alpha value is -6.55. The van der Waals surface area contributed by atoms with Gasteiger partial charge < -0.3 is 4.40 Å². The van der Waals surface area contributed by atoms with Crippen molar-refractivity contribution in [1.82, 2.24) is 4.40 Å². The van der Waals surface area contributed by atoms with E-state index in [-0.39, 0.29) is 5.92 Å². The molecule has 2 aliphatic rings. The number of allylic oxidation sites excluding steroid dienone is 2. The van der Waals surface area contributed by atoms with Crippen LogP contribution in [0.3, 0.4) is 0 Å². The van der Waals surface area contributed by atoms with Crippen LogP contribution >= 0.6 is 11.3 Å².